The Morgan fingerprint density at radius 2 is 1.66 bits per heavy atom. The van der Waals surface area contributed by atoms with Crippen LogP contribution >= 0.6 is 0 Å². The molecule has 186 valence electrons. The first kappa shape index (κ1) is 24.8. The van der Waals surface area contributed by atoms with Crippen LogP contribution in [0.2, 0.25) is 0 Å². The van der Waals surface area contributed by atoms with E-state index in [1.54, 1.807) is 4.90 Å². The number of benzene rings is 2. The fourth-order valence-corrected chi connectivity index (χ4v) is 4.79. The normalized spacial score (nSPS) is 22.0. The van der Waals surface area contributed by atoms with Crippen LogP contribution in [0.4, 0.5) is 11.4 Å². The minimum Gasteiger partial charge on any atom is -0.478 e. The summed E-state index contributed by atoms with van der Waals surface area (Å²) in [7, 11) is 0. The highest BCUT2D eigenvalue weighted by Crippen LogP contribution is 2.26. The molecule has 1 atom stereocenters. The lowest BCUT2D eigenvalue weighted by molar-refractivity contribution is -0.122. The molecule has 2 aromatic rings. The maximum Gasteiger partial charge on any atom is 0.335 e. The Kier molecular flexibility index (Phi) is 7.80. The number of nitrogens with two attached hydrogens (primary N) is 1. The molecule has 1 heterocycles. The van der Waals surface area contributed by atoms with Gasteiger partial charge in [-0.3, -0.25) is 14.5 Å². The molecule has 0 aromatic heterocycles. The van der Waals surface area contributed by atoms with Crippen molar-refractivity contribution in [3.63, 3.8) is 0 Å². The molecule has 1 saturated heterocycles. The van der Waals surface area contributed by atoms with E-state index >= 15 is 0 Å². The van der Waals surface area contributed by atoms with Crippen molar-refractivity contribution in [2.24, 2.45) is 5.73 Å². The third-order valence-electron chi connectivity index (χ3n) is 6.87. The summed E-state index contributed by atoms with van der Waals surface area (Å²) in [6.45, 7) is 1.83. The molecule has 4 rings (SSSR count). The van der Waals surface area contributed by atoms with Crippen LogP contribution in [-0.4, -0.2) is 70.7 Å². The van der Waals surface area contributed by atoms with Gasteiger partial charge < -0.3 is 26.2 Å². The summed E-state index contributed by atoms with van der Waals surface area (Å²) in [6, 6.07) is 13.0. The molecule has 35 heavy (non-hydrogen) atoms. The minimum absolute atomic E-state index is 0.0696. The molecule has 2 amide bonds. The fraction of sp³-hybridized carbons (Fsp3) is 0.423. The molecule has 0 bridgehead atoms. The second-order valence-electron chi connectivity index (χ2n) is 9.33. The maximum absolute atomic E-state index is 12.8. The number of hydrogen-bond acceptors (Lipinski definition) is 6. The smallest absolute Gasteiger partial charge is 0.335 e. The Morgan fingerprint density at radius 3 is 2.26 bits per heavy atom. The highest BCUT2D eigenvalue weighted by Gasteiger charge is 2.31. The zero-order valence-corrected chi connectivity index (χ0v) is 19.6. The maximum atomic E-state index is 12.8. The van der Waals surface area contributed by atoms with Crippen LogP contribution in [0, 0.1) is 0 Å². The molecule has 9 nitrogen and oxygen atoms in total. The summed E-state index contributed by atoms with van der Waals surface area (Å²) in [4.78, 5) is 40.3. The largest absolute Gasteiger partial charge is 0.478 e. The first-order chi connectivity index (χ1) is 16.8. The van der Waals surface area contributed by atoms with E-state index in [1.807, 2.05) is 24.3 Å². The number of carboxylic acid groups (broad SMARTS) is 1. The standard InChI is InChI=1S/C26H32N4O5/c27-23(25(33)28-19-5-3-18(4-6-19)26(34)35)15-17-1-7-21(8-2-17)30-14-13-29(16-24(30)32)20-9-11-22(31)12-10-20/h1-8,20,22-23,31H,9-16,27H2,(H,28,33)(H,34,35)/t20?,22?,23-/m0/s1. The van der Waals surface area contributed by atoms with Gasteiger partial charge in [-0.1, -0.05) is 12.1 Å². The Bertz CT molecular complexity index is 1050. The lowest BCUT2D eigenvalue weighted by Crippen LogP contribution is -2.54. The number of nitrogens with zero attached hydrogens (tertiary/aromatic N) is 2. The van der Waals surface area contributed by atoms with Crippen molar-refractivity contribution in [2.75, 3.05) is 29.9 Å². The Balaban J connectivity index is 1.28. The predicted molar refractivity (Wildman–Crippen MR) is 132 cm³/mol. The Hall–Kier alpha value is -3.27. The van der Waals surface area contributed by atoms with Gasteiger partial charge in [-0.15, -0.1) is 0 Å². The molecule has 2 aromatic carbocycles. The van der Waals surface area contributed by atoms with Gasteiger partial charge >= 0.3 is 5.97 Å². The Labute approximate surface area is 204 Å². The summed E-state index contributed by atoms with van der Waals surface area (Å²) < 4.78 is 0. The average Bonchev–Trinajstić information content (AvgIpc) is 2.85. The van der Waals surface area contributed by atoms with E-state index in [0.717, 1.165) is 43.5 Å². The average molecular weight is 481 g/mol. The highest BCUT2D eigenvalue weighted by atomic mass is 16.4. The third kappa shape index (κ3) is 6.25. The molecule has 5 N–H and O–H groups in total. The van der Waals surface area contributed by atoms with Crippen LogP contribution in [0.5, 0.6) is 0 Å². The molecule has 2 fully saturated rings. The lowest BCUT2D eigenvalue weighted by atomic mass is 9.91. The first-order valence-electron chi connectivity index (χ1n) is 12.0. The summed E-state index contributed by atoms with van der Waals surface area (Å²) >= 11 is 0. The highest BCUT2D eigenvalue weighted by molar-refractivity contribution is 5.96. The molecule has 1 aliphatic carbocycles. The van der Waals surface area contributed by atoms with Gasteiger partial charge in [-0.05, 0) is 74.1 Å². The zero-order chi connectivity index (χ0) is 24.9. The number of piperazine rings is 1. The summed E-state index contributed by atoms with van der Waals surface area (Å²) in [6.07, 6.45) is 3.60. The number of carbonyl (C=O) groups is 3. The van der Waals surface area contributed by atoms with Gasteiger partial charge in [0.1, 0.15) is 0 Å². The fourth-order valence-electron chi connectivity index (χ4n) is 4.79. The van der Waals surface area contributed by atoms with Crippen LogP contribution in [0.15, 0.2) is 48.5 Å². The van der Waals surface area contributed by atoms with Gasteiger partial charge in [0, 0.05) is 30.5 Å². The molecule has 0 spiro atoms. The van der Waals surface area contributed by atoms with E-state index in [9.17, 15) is 19.5 Å². The predicted octanol–water partition coefficient (Wildman–Crippen LogP) is 1.85. The number of aliphatic hydroxyl groups excluding tert-OH is 1. The molecular formula is C26H32N4O5. The van der Waals surface area contributed by atoms with E-state index in [0.29, 0.717) is 31.2 Å². The zero-order valence-electron chi connectivity index (χ0n) is 19.6. The minimum atomic E-state index is -1.03. The van der Waals surface area contributed by atoms with E-state index < -0.39 is 12.0 Å². The Morgan fingerprint density at radius 1 is 1.00 bits per heavy atom. The van der Waals surface area contributed by atoms with Crippen LogP contribution in [0.25, 0.3) is 0 Å². The summed E-state index contributed by atoms with van der Waals surface area (Å²) in [5.41, 5.74) is 8.41. The van der Waals surface area contributed by atoms with E-state index in [-0.39, 0.29) is 23.5 Å². The van der Waals surface area contributed by atoms with E-state index in [4.69, 9.17) is 10.8 Å². The molecule has 1 aliphatic heterocycles. The van der Waals surface area contributed by atoms with Crippen LogP contribution in [0.3, 0.4) is 0 Å². The van der Waals surface area contributed by atoms with Crippen molar-refractivity contribution in [2.45, 2.75) is 50.3 Å². The second kappa shape index (κ2) is 11.0. The molecule has 0 unspecified atom stereocenters. The van der Waals surface area contributed by atoms with Crippen LogP contribution in [-0.2, 0) is 16.0 Å². The molecule has 2 aliphatic rings. The second-order valence-corrected chi connectivity index (χ2v) is 9.33. The third-order valence-corrected chi connectivity index (χ3v) is 6.87. The SMILES string of the molecule is N[C@@H](Cc1ccc(N2CCN(C3CCC(O)CC3)CC2=O)cc1)C(=O)Nc1ccc(C(=O)O)cc1. The topological polar surface area (TPSA) is 136 Å². The van der Waals surface area contributed by atoms with Crippen molar-refractivity contribution < 1.29 is 24.6 Å². The number of aliphatic hydroxyl groups is 1. The van der Waals surface area contributed by atoms with Gasteiger partial charge in [0.15, 0.2) is 0 Å². The number of rotatable bonds is 7. The molecule has 1 saturated carbocycles. The van der Waals surface area contributed by atoms with Crippen molar-refractivity contribution in [1.82, 2.24) is 4.90 Å². The van der Waals surface area contributed by atoms with Crippen LogP contribution in [0.1, 0.15) is 41.6 Å². The molecule has 0 radical (unpaired) electrons. The van der Waals surface area contributed by atoms with Gasteiger partial charge in [0.2, 0.25) is 11.8 Å². The van der Waals surface area contributed by atoms with Crippen molar-refractivity contribution in [1.29, 1.82) is 0 Å². The van der Waals surface area contributed by atoms with Gasteiger partial charge in [-0.2, -0.15) is 0 Å². The van der Waals surface area contributed by atoms with Crippen molar-refractivity contribution in [3.05, 3.63) is 59.7 Å². The van der Waals surface area contributed by atoms with E-state index in [1.165, 1.54) is 24.3 Å². The van der Waals surface area contributed by atoms with Crippen LogP contribution < -0.4 is 16.0 Å². The molecular weight excluding hydrogens is 448 g/mol. The van der Waals surface area contributed by atoms with Crippen molar-refractivity contribution in [3.8, 4) is 0 Å². The monoisotopic (exact) mass is 480 g/mol. The molecule has 9 heteroatoms. The number of carbonyl (C=O) groups excluding carboxylic acids is 2. The van der Waals surface area contributed by atoms with Gasteiger partial charge in [0.05, 0.1) is 24.3 Å². The van der Waals surface area contributed by atoms with E-state index in [2.05, 4.69) is 10.2 Å². The van der Waals surface area contributed by atoms with Gasteiger partial charge in [-0.25, -0.2) is 4.79 Å². The number of carboxylic acids is 1. The lowest BCUT2D eigenvalue weighted by Gasteiger charge is -2.40. The number of aromatic carboxylic acids is 1. The number of anilines is 2. The summed E-state index contributed by atoms with van der Waals surface area (Å²) in [5, 5.41) is 21.4. The summed E-state index contributed by atoms with van der Waals surface area (Å²) in [5.74, 6) is -1.32. The first-order valence-corrected chi connectivity index (χ1v) is 12.0. The van der Waals surface area contributed by atoms with Gasteiger partial charge in [0.25, 0.3) is 0 Å². The number of hydrogen-bond donors (Lipinski definition) is 4. The van der Waals surface area contributed by atoms with Crippen molar-refractivity contribution >= 4 is 29.2 Å². The number of amides is 2. The quantitative estimate of drug-likeness (QED) is 0.475. The number of nitrogens with one attached hydrogen (secondary N) is 1.